The van der Waals surface area contributed by atoms with E-state index < -0.39 is 16.7 Å². The summed E-state index contributed by atoms with van der Waals surface area (Å²) in [5.74, 6) is 0.607. The van der Waals surface area contributed by atoms with E-state index in [1.165, 1.54) is 11.0 Å². The third kappa shape index (κ3) is 6.30. The van der Waals surface area contributed by atoms with Crippen LogP contribution < -0.4 is 10.3 Å². The van der Waals surface area contributed by atoms with Crippen LogP contribution in [0.4, 0.5) is 10.5 Å². The number of rotatable bonds is 7. The van der Waals surface area contributed by atoms with Crippen molar-refractivity contribution >= 4 is 22.4 Å². The zero-order valence-electron chi connectivity index (χ0n) is 19.5. The van der Waals surface area contributed by atoms with Gasteiger partial charge in [-0.05, 0) is 35.9 Å². The van der Waals surface area contributed by atoms with Gasteiger partial charge in [-0.3, -0.25) is 23.7 Å². The van der Waals surface area contributed by atoms with Crippen molar-refractivity contribution in [3.8, 4) is 11.8 Å². The van der Waals surface area contributed by atoms with E-state index in [-0.39, 0.29) is 18.4 Å². The molecule has 1 saturated heterocycles. The number of amides is 1. The first-order valence-corrected chi connectivity index (χ1v) is 13.3. The maximum Gasteiger partial charge on any atom is 0.411 e. The van der Waals surface area contributed by atoms with Crippen LogP contribution in [-0.2, 0) is 6.42 Å². The molecule has 0 unspecified atom stereocenters. The van der Waals surface area contributed by atoms with Crippen molar-refractivity contribution in [2.24, 2.45) is 0 Å². The van der Waals surface area contributed by atoms with E-state index in [9.17, 15) is 23.8 Å². The molecule has 1 amide bonds. The van der Waals surface area contributed by atoms with Gasteiger partial charge in [0, 0.05) is 50.6 Å². The summed E-state index contributed by atoms with van der Waals surface area (Å²) in [6.07, 6.45) is 0.666. The molecule has 0 spiro atoms. The van der Waals surface area contributed by atoms with Gasteiger partial charge in [0.1, 0.15) is 5.69 Å². The fourth-order valence-electron chi connectivity index (χ4n) is 4.02. The van der Waals surface area contributed by atoms with Crippen LogP contribution in [0.5, 0.6) is 0 Å². The highest BCUT2D eigenvalue weighted by Gasteiger charge is 2.23. The van der Waals surface area contributed by atoms with Crippen LogP contribution in [0.15, 0.2) is 65.6 Å². The minimum Gasteiger partial charge on any atom is -0.465 e. The van der Waals surface area contributed by atoms with Gasteiger partial charge in [0.2, 0.25) is 5.43 Å². The molecule has 11 heteroatoms. The topological polar surface area (TPSA) is 143 Å². The number of hydrogen-bond donors (Lipinski definition) is 3. The van der Waals surface area contributed by atoms with Gasteiger partial charge in [0.15, 0.2) is 0 Å². The first-order chi connectivity index (χ1) is 17.2. The van der Waals surface area contributed by atoms with Crippen molar-refractivity contribution in [1.82, 2.24) is 14.7 Å². The van der Waals surface area contributed by atoms with Crippen molar-refractivity contribution in [2.45, 2.75) is 6.42 Å². The molecule has 36 heavy (non-hydrogen) atoms. The van der Waals surface area contributed by atoms with Crippen molar-refractivity contribution < 1.29 is 19.0 Å². The highest BCUT2D eigenvalue weighted by atomic mass is 32.3. The third-order valence-corrected chi connectivity index (χ3v) is 7.73. The lowest BCUT2D eigenvalue weighted by Crippen LogP contribution is -2.43. The zero-order valence-corrected chi connectivity index (χ0v) is 20.3. The number of nitriles is 1. The maximum absolute atomic E-state index is 12.5. The molecule has 1 fully saturated rings. The lowest BCUT2D eigenvalue weighted by molar-refractivity contribution is 0.199. The summed E-state index contributed by atoms with van der Waals surface area (Å²) in [6.45, 7) is 1.72. The second kappa shape index (κ2) is 10.9. The van der Waals surface area contributed by atoms with E-state index in [0.29, 0.717) is 53.8 Å². The number of aromatic nitrogens is 2. The van der Waals surface area contributed by atoms with E-state index in [1.807, 2.05) is 11.0 Å². The van der Waals surface area contributed by atoms with E-state index in [4.69, 9.17) is 5.26 Å². The van der Waals surface area contributed by atoms with Crippen molar-refractivity contribution in [3.63, 3.8) is 0 Å². The maximum atomic E-state index is 12.5. The minimum absolute atomic E-state index is 0.211. The predicted molar refractivity (Wildman–Crippen MR) is 138 cm³/mol. The Morgan fingerprint density at radius 3 is 2.58 bits per heavy atom. The second-order valence-corrected chi connectivity index (χ2v) is 11.0. The fraction of sp³-hybridized carbons (Fsp3) is 0.280. The number of carboxylic acid groups (broad SMARTS) is 1. The van der Waals surface area contributed by atoms with Crippen LogP contribution in [0.1, 0.15) is 16.8 Å². The molecule has 188 valence electrons. The summed E-state index contributed by atoms with van der Waals surface area (Å²) in [7, 11) is -2.51. The van der Waals surface area contributed by atoms with E-state index in [2.05, 4.69) is 11.2 Å². The third-order valence-electron chi connectivity index (χ3n) is 6.05. The van der Waals surface area contributed by atoms with Crippen molar-refractivity contribution in [3.05, 3.63) is 87.8 Å². The molecule has 4 rings (SSSR count). The molecular weight excluding hydrogens is 482 g/mol. The van der Waals surface area contributed by atoms with E-state index in [0.717, 1.165) is 5.56 Å². The highest BCUT2D eigenvalue weighted by Crippen LogP contribution is 2.40. The minimum atomic E-state index is -2.51. The molecule has 2 aromatic carbocycles. The Balaban J connectivity index is 1.50. The predicted octanol–water partition coefficient (Wildman–Crippen LogP) is 3.25. The molecule has 3 N–H and O–H groups in total. The van der Waals surface area contributed by atoms with E-state index >= 15 is 0 Å². The lowest BCUT2D eigenvalue weighted by Gasteiger charge is -2.41. The SMILES string of the molecule is N#Cc1cccc(-n2ccc(=O)c(Cc3cccc(N(CCN4CCS(O)(O)CC4)C(=O)O)c3)n2)c1. The Kier molecular flexibility index (Phi) is 7.71. The normalized spacial score (nSPS) is 16.1. The van der Waals surface area contributed by atoms with Gasteiger partial charge in [0.05, 0.1) is 28.8 Å². The van der Waals surface area contributed by atoms with Crippen molar-refractivity contribution in [1.29, 1.82) is 5.26 Å². The summed E-state index contributed by atoms with van der Waals surface area (Å²) in [5, 5.41) is 23.4. The van der Waals surface area contributed by atoms with E-state index in [1.54, 1.807) is 53.3 Å². The molecule has 0 aliphatic carbocycles. The molecule has 2 heterocycles. The van der Waals surface area contributed by atoms with Gasteiger partial charge >= 0.3 is 6.09 Å². The van der Waals surface area contributed by atoms with Crippen LogP contribution >= 0.6 is 10.6 Å². The molecule has 1 aliphatic rings. The molecule has 0 atom stereocenters. The number of carbonyl (C=O) groups is 1. The second-order valence-electron chi connectivity index (χ2n) is 8.57. The quantitative estimate of drug-likeness (QED) is 0.440. The summed E-state index contributed by atoms with van der Waals surface area (Å²) in [4.78, 5) is 27.8. The Morgan fingerprint density at radius 2 is 1.86 bits per heavy atom. The molecule has 0 radical (unpaired) electrons. The average Bonchev–Trinajstić information content (AvgIpc) is 2.86. The molecule has 0 bridgehead atoms. The molecule has 1 aromatic heterocycles. The van der Waals surface area contributed by atoms with Gasteiger partial charge in [-0.1, -0.05) is 18.2 Å². The molecule has 0 saturated carbocycles. The summed E-state index contributed by atoms with van der Waals surface area (Å²) < 4.78 is 21.1. The number of anilines is 1. The zero-order chi connectivity index (χ0) is 25.7. The smallest absolute Gasteiger partial charge is 0.411 e. The van der Waals surface area contributed by atoms with Gasteiger partial charge < -0.3 is 5.11 Å². The number of nitrogens with zero attached hydrogens (tertiary/aromatic N) is 5. The van der Waals surface area contributed by atoms with Crippen LogP contribution in [0.25, 0.3) is 5.69 Å². The van der Waals surface area contributed by atoms with Crippen LogP contribution in [0.3, 0.4) is 0 Å². The first kappa shape index (κ1) is 25.4. The Labute approximate surface area is 210 Å². The number of benzene rings is 2. The number of hydrogen-bond acceptors (Lipinski definition) is 7. The molecular formula is C25H27N5O5S. The fourth-order valence-corrected chi connectivity index (χ4v) is 5.33. The lowest BCUT2D eigenvalue weighted by atomic mass is 10.1. The van der Waals surface area contributed by atoms with Crippen LogP contribution in [0, 0.1) is 11.3 Å². The van der Waals surface area contributed by atoms with Gasteiger partial charge in [-0.2, -0.15) is 21.0 Å². The largest absolute Gasteiger partial charge is 0.465 e. The molecule has 1 aliphatic heterocycles. The van der Waals surface area contributed by atoms with Gasteiger partial charge in [-0.15, -0.1) is 0 Å². The van der Waals surface area contributed by atoms with Crippen LogP contribution in [-0.4, -0.2) is 72.7 Å². The summed E-state index contributed by atoms with van der Waals surface area (Å²) >= 11 is 0. The Morgan fingerprint density at radius 1 is 1.11 bits per heavy atom. The highest BCUT2D eigenvalue weighted by molar-refractivity contribution is 8.24. The molecule has 10 nitrogen and oxygen atoms in total. The first-order valence-electron chi connectivity index (χ1n) is 11.4. The Bertz CT molecular complexity index is 1340. The summed E-state index contributed by atoms with van der Waals surface area (Å²) in [6, 6.07) is 17.4. The van der Waals surface area contributed by atoms with Crippen molar-refractivity contribution in [2.75, 3.05) is 42.6 Å². The van der Waals surface area contributed by atoms with Gasteiger partial charge in [0.25, 0.3) is 0 Å². The standard InChI is InChI=1S/C25H27N5O5S/c26-18-20-4-2-6-22(16-20)30-8-7-24(31)23(27-30)17-19-3-1-5-21(15-19)29(25(32)33)10-9-28-11-13-36(34,35)14-12-28/h1-8,15-16,34-35H,9-14,17H2,(H,32,33). The summed E-state index contributed by atoms with van der Waals surface area (Å²) in [5.41, 5.74) is 2.41. The monoisotopic (exact) mass is 509 g/mol. The molecule has 3 aromatic rings. The Hall–Kier alpha value is -3.69. The van der Waals surface area contributed by atoms with Crippen LogP contribution in [0.2, 0.25) is 0 Å². The average molecular weight is 510 g/mol. The van der Waals surface area contributed by atoms with Gasteiger partial charge in [-0.25, -0.2) is 9.48 Å².